The van der Waals surface area contributed by atoms with E-state index in [4.69, 9.17) is 0 Å². The van der Waals surface area contributed by atoms with E-state index in [0.717, 1.165) is 0 Å². The summed E-state index contributed by atoms with van der Waals surface area (Å²) in [5.74, 6) is -0.836. The van der Waals surface area contributed by atoms with Crippen LogP contribution in [0.3, 0.4) is 0 Å². The van der Waals surface area contributed by atoms with Crippen molar-refractivity contribution in [1.29, 1.82) is 0 Å². The lowest BCUT2D eigenvalue weighted by atomic mass is 10.8. The first-order chi connectivity index (χ1) is 2.77. The molecule has 0 amide bonds. The summed E-state index contributed by atoms with van der Waals surface area (Å²) in [6.07, 6.45) is 0. The van der Waals surface area contributed by atoms with E-state index in [1.165, 1.54) is 0 Å². The second kappa shape index (κ2) is 2.63. The highest BCUT2D eigenvalue weighted by Crippen LogP contribution is 1.71. The fraction of sp³-hybridized carbons (Fsp3) is 0.333. The standard InChI is InChI=1S/C3H4FO2/c1-3(5)6-2-4/h1-2H2. The van der Waals surface area contributed by atoms with Crippen LogP contribution in [0.5, 0.6) is 0 Å². The molecular formula is C3H4FO2. The van der Waals surface area contributed by atoms with Crippen LogP contribution in [-0.2, 0) is 9.53 Å². The molecule has 0 N–H and O–H groups in total. The number of rotatable bonds is 1. The number of hydrogen-bond donors (Lipinski definition) is 0. The molecule has 0 spiro atoms. The van der Waals surface area contributed by atoms with Crippen molar-refractivity contribution in [2.75, 3.05) is 6.86 Å². The molecule has 35 valence electrons. The van der Waals surface area contributed by atoms with Crippen LogP contribution in [0.25, 0.3) is 0 Å². The summed E-state index contributed by atoms with van der Waals surface area (Å²) in [6, 6.07) is 0. The second-order valence-corrected chi connectivity index (χ2v) is 0.625. The van der Waals surface area contributed by atoms with Gasteiger partial charge >= 0.3 is 5.97 Å². The molecular weight excluding hydrogens is 87.0 g/mol. The van der Waals surface area contributed by atoms with Gasteiger partial charge in [-0.2, -0.15) is 0 Å². The van der Waals surface area contributed by atoms with Crippen LogP contribution in [0.15, 0.2) is 0 Å². The van der Waals surface area contributed by atoms with Gasteiger partial charge in [0.15, 0.2) is 0 Å². The van der Waals surface area contributed by atoms with Gasteiger partial charge < -0.3 is 4.74 Å². The lowest BCUT2D eigenvalue weighted by Crippen LogP contribution is -1.94. The molecule has 0 unspecified atom stereocenters. The predicted octanol–water partition coefficient (Wildman–Crippen LogP) is 0.291. The third kappa shape index (κ3) is 3.40. The van der Waals surface area contributed by atoms with E-state index in [9.17, 15) is 9.18 Å². The Balaban J connectivity index is 2.83. The van der Waals surface area contributed by atoms with Gasteiger partial charge in [0, 0.05) is 0 Å². The van der Waals surface area contributed by atoms with Crippen LogP contribution >= 0.6 is 0 Å². The van der Waals surface area contributed by atoms with Gasteiger partial charge in [-0.05, 0) is 0 Å². The zero-order valence-corrected chi connectivity index (χ0v) is 3.11. The van der Waals surface area contributed by atoms with E-state index in [1.54, 1.807) is 0 Å². The summed E-state index contributed by atoms with van der Waals surface area (Å²) in [5, 5.41) is 0. The Kier molecular flexibility index (Phi) is 2.36. The number of hydrogen-bond acceptors (Lipinski definition) is 2. The summed E-state index contributed by atoms with van der Waals surface area (Å²) in [7, 11) is 0. The zero-order chi connectivity index (χ0) is 4.99. The summed E-state index contributed by atoms with van der Waals surface area (Å²) >= 11 is 0. The van der Waals surface area contributed by atoms with Crippen LogP contribution in [0.1, 0.15) is 0 Å². The molecule has 2 nitrogen and oxygen atoms in total. The van der Waals surface area contributed by atoms with Gasteiger partial charge in [-0.25, -0.2) is 4.39 Å². The maximum absolute atomic E-state index is 10.8. The fourth-order valence-corrected chi connectivity index (χ4v) is 0.0608. The minimum Gasteiger partial charge on any atom is -0.434 e. The molecule has 0 saturated carbocycles. The molecule has 0 saturated heterocycles. The van der Waals surface area contributed by atoms with Crippen molar-refractivity contribution >= 4 is 5.97 Å². The number of halogens is 1. The molecule has 0 aromatic carbocycles. The minimum atomic E-state index is -1.08. The van der Waals surface area contributed by atoms with Crippen LogP contribution in [0.2, 0.25) is 0 Å². The average Bonchev–Trinajstić information content (AvgIpc) is 1.35. The first-order valence-corrected chi connectivity index (χ1v) is 1.32. The number of esters is 1. The highest BCUT2D eigenvalue weighted by atomic mass is 19.1. The Hall–Kier alpha value is -0.600. The maximum atomic E-state index is 10.8. The van der Waals surface area contributed by atoms with E-state index in [1.807, 2.05) is 0 Å². The zero-order valence-electron chi connectivity index (χ0n) is 3.11. The minimum absolute atomic E-state index is 0.836. The summed E-state index contributed by atoms with van der Waals surface area (Å²) in [5.41, 5.74) is 0. The summed E-state index contributed by atoms with van der Waals surface area (Å²) < 4.78 is 14.4. The molecule has 0 atom stereocenters. The Morgan fingerprint density at radius 3 is 2.50 bits per heavy atom. The number of carbonyl (C=O) groups is 1. The highest BCUT2D eigenvalue weighted by molar-refractivity contribution is 5.73. The largest absolute Gasteiger partial charge is 0.434 e. The second-order valence-electron chi connectivity index (χ2n) is 0.625. The summed E-state index contributed by atoms with van der Waals surface area (Å²) in [4.78, 5) is 9.47. The Bertz CT molecular complexity index is 52.8. The predicted molar refractivity (Wildman–Crippen MR) is 17.4 cm³/mol. The Morgan fingerprint density at radius 1 is 2.00 bits per heavy atom. The molecule has 0 bridgehead atoms. The van der Waals surface area contributed by atoms with E-state index in [-0.39, 0.29) is 0 Å². The molecule has 0 aliphatic carbocycles. The highest BCUT2D eigenvalue weighted by Gasteiger charge is 1.84. The third-order valence-corrected chi connectivity index (χ3v) is 0.216. The van der Waals surface area contributed by atoms with Gasteiger partial charge in [-0.15, -0.1) is 0 Å². The van der Waals surface area contributed by atoms with Gasteiger partial charge in [0.1, 0.15) is 0 Å². The molecule has 0 heterocycles. The molecule has 0 rings (SSSR count). The smallest absolute Gasteiger partial charge is 0.308 e. The van der Waals surface area contributed by atoms with Gasteiger partial charge in [0.2, 0.25) is 6.86 Å². The monoisotopic (exact) mass is 91.0 g/mol. The Morgan fingerprint density at radius 2 is 2.50 bits per heavy atom. The summed E-state index contributed by atoms with van der Waals surface area (Å²) in [6.45, 7) is 1.65. The van der Waals surface area contributed by atoms with Crippen molar-refractivity contribution in [2.24, 2.45) is 0 Å². The maximum Gasteiger partial charge on any atom is 0.308 e. The molecule has 6 heavy (non-hydrogen) atoms. The van der Waals surface area contributed by atoms with Crippen molar-refractivity contribution in [3.05, 3.63) is 6.92 Å². The molecule has 0 aliphatic heterocycles. The first kappa shape index (κ1) is 5.40. The van der Waals surface area contributed by atoms with E-state index in [2.05, 4.69) is 11.7 Å². The third-order valence-electron chi connectivity index (χ3n) is 0.216. The van der Waals surface area contributed by atoms with Crippen LogP contribution in [0, 0.1) is 6.92 Å². The molecule has 0 aromatic heterocycles. The number of alkyl halides is 1. The van der Waals surface area contributed by atoms with Crippen LogP contribution in [0.4, 0.5) is 4.39 Å². The first-order valence-electron chi connectivity index (χ1n) is 1.32. The number of carbonyl (C=O) groups excluding carboxylic acids is 1. The van der Waals surface area contributed by atoms with Crippen LogP contribution in [-0.4, -0.2) is 12.8 Å². The van der Waals surface area contributed by atoms with E-state index >= 15 is 0 Å². The van der Waals surface area contributed by atoms with Gasteiger partial charge in [0.05, 0.1) is 6.92 Å². The lowest BCUT2D eigenvalue weighted by molar-refractivity contribution is -0.141. The molecule has 0 fully saturated rings. The lowest BCUT2D eigenvalue weighted by Gasteiger charge is -1.86. The average molecular weight is 91.1 g/mol. The van der Waals surface area contributed by atoms with Gasteiger partial charge in [0.25, 0.3) is 0 Å². The Labute approximate surface area is 34.9 Å². The van der Waals surface area contributed by atoms with Crippen molar-refractivity contribution < 1.29 is 13.9 Å². The van der Waals surface area contributed by atoms with E-state index in [0.29, 0.717) is 0 Å². The van der Waals surface area contributed by atoms with Crippen molar-refractivity contribution in [3.8, 4) is 0 Å². The van der Waals surface area contributed by atoms with Crippen molar-refractivity contribution in [3.63, 3.8) is 0 Å². The topological polar surface area (TPSA) is 26.3 Å². The fourth-order valence-electron chi connectivity index (χ4n) is 0.0608. The quantitative estimate of drug-likeness (QED) is 0.433. The van der Waals surface area contributed by atoms with Crippen molar-refractivity contribution in [2.45, 2.75) is 0 Å². The van der Waals surface area contributed by atoms with Crippen molar-refractivity contribution in [1.82, 2.24) is 0 Å². The van der Waals surface area contributed by atoms with E-state index < -0.39 is 12.8 Å². The van der Waals surface area contributed by atoms with Crippen LogP contribution < -0.4 is 0 Å². The number of ether oxygens (including phenoxy) is 1. The molecule has 1 radical (unpaired) electrons. The normalized spacial score (nSPS) is 7.67. The molecule has 0 aliphatic rings. The molecule has 3 heteroatoms. The van der Waals surface area contributed by atoms with Gasteiger partial charge in [-0.1, -0.05) is 0 Å². The van der Waals surface area contributed by atoms with Gasteiger partial charge in [-0.3, -0.25) is 4.79 Å². The SMILES string of the molecule is [CH2]C(=O)OCF. The molecule has 0 aromatic rings.